The van der Waals surface area contributed by atoms with Crippen molar-refractivity contribution in [1.82, 2.24) is 19.9 Å². The zero-order valence-corrected chi connectivity index (χ0v) is 14.9. The maximum Gasteiger partial charge on any atom is 0.277 e. The van der Waals surface area contributed by atoms with Crippen LogP contribution in [0.1, 0.15) is 0 Å². The number of thioether (sulfide) groups is 1. The highest BCUT2D eigenvalue weighted by Crippen LogP contribution is 2.24. The summed E-state index contributed by atoms with van der Waals surface area (Å²) in [5, 5.41) is 8.88. The van der Waals surface area contributed by atoms with Gasteiger partial charge in [-0.3, -0.25) is 10.2 Å². The zero-order valence-electron chi connectivity index (χ0n) is 13.3. The fraction of sp³-hybridized carbons (Fsp3) is 0.0588. The average Bonchev–Trinajstić information content (AvgIpc) is 3.28. The van der Waals surface area contributed by atoms with Gasteiger partial charge in [-0.25, -0.2) is 9.66 Å². The molecule has 1 N–H and O–H groups in total. The van der Waals surface area contributed by atoms with Gasteiger partial charge in [0.1, 0.15) is 6.33 Å². The van der Waals surface area contributed by atoms with Gasteiger partial charge in [0.15, 0.2) is 0 Å². The van der Waals surface area contributed by atoms with Crippen molar-refractivity contribution in [2.75, 3.05) is 11.2 Å². The van der Waals surface area contributed by atoms with Crippen LogP contribution in [-0.4, -0.2) is 31.5 Å². The first-order valence-corrected chi connectivity index (χ1v) is 8.99. The van der Waals surface area contributed by atoms with E-state index in [1.165, 1.54) is 0 Å². The molecule has 7 nitrogen and oxygen atoms in total. The van der Waals surface area contributed by atoms with E-state index in [0.717, 1.165) is 28.4 Å². The largest absolute Gasteiger partial charge is 0.411 e. The van der Waals surface area contributed by atoms with Crippen molar-refractivity contribution in [3.8, 4) is 11.5 Å². The third kappa shape index (κ3) is 3.56. The molecular weight excluding hydrogens is 374 g/mol. The molecular formula is C17H12ClN5O2S. The number of hydrogen-bond donors (Lipinski definition) is 1. The van der Waals surface area contributed by atoms with Gasteiger partial charge in [0, 0.05) is 10.6 Å². The Labute approximate surface area is 157 Å². The summed E-state index contributed by atoms with van der Waals surface area (Å²) in [6.45, 7) is 0. The van der Waals surface area contributed by atoms with Crippen LogP contribution in [0.15, 0.2) is 64.5 Å². The molecule has 1 amide bonds. The number of para-hydroxylation sites is 2. The number of rotatable bonds is 5. The van der Waals surface area contributed by atoms with Crippen LogP contribution in [0.4, 0.5) is 0 Å². The minimum absolute atomic E-state index is 0.134. The van der Waals surface area contributed by atoms with Crippen molar-refractivity contribution in [2.45, 2.75) is 5.22 Å². The van der Waals surface area contributed by atoms with E-state index in [1.54, 1.807) is 35.3 Å². The van der Waals surface area contributed by atoms with Crippen molar-refractivity contribution in [2.24, 2.45) is 0 Å². The quantitative estimate of drug-likeness (QED) is 0.528. The van der Waals surface area contributed by atoms with E-state index in [0.29, 0.717) is 16.1 Å². The summed E-state index contributed by atoms with van der Waals surface area (Å²) in [6, 6.07) is 14.6. The third-order valence-electron chi connectivity index (χ3n) is 3.52. The first-order valence-electron chi connectivity index (χ1n) is 7.63. The number of halogens is 1. The van der Waals surface area contributed by atoms with Gasteiger partial charge in [-0.05, 0) is 36.4 Å². The number of hydrogen-bond acceptors (Lipinski definition) is 6. The molecule has 0 unspecified atom stereocenters. The van der Waals surface area contributed by atoms with Crippen LogP contribution in [0.5, 0.6) is 0 Å². The molecule has 9 heteroatoms. The van der Waals surface area contributed by atoms with E-state index in [4.69, 9.17) is 16.0 Å². The highest BCUT2D eigenvalue weighted by molar-refractivity contribution is 7.99. The second-order valence-electron chi connectivity index (χ2n) is 5.31. The summed E-state index contributed by atoms with van der Waals surface area (Å²) < 4.78 is 7.15. The van der Waals surface area contributed by atoms with Crippen molar-refractivity contribution in [3.05, 3.63) is 59.9 Å². The number of imidazole rings is 1. The Bertz CT molecular complexity index is 1060. The summed E-state index contributed by atoms with van der Waals surface area (Å²) in [6.07, 6.45) is 1.57. The molecule has 4 aromatic rings. The molecule has 0 aliphatic heterocycles. The number of nitrogens with zero attached hydrogens (tertiary/aromatic N) is 4. The minimum atomic E-state index is -0.204. The molecule has 0 saturated heterocycles. The molecule has 4 rings (SSSR count). The summed E-state index contributed by atoms with van der Waals surface area (Å²) >= 11 is 7.02. The molecule has 0 spiro atoms. The first-order chi connectivity index (χ1) is 12.7. The fourth-order valence-electron chi connectivity index (χ4n) is 2.32. The number of benzene rings is 2. The number of fused-ring (bicyclic) bond motifs is 1. The van der Waals surface area contributed by atoms with Crippen molar-refractivity contribution in [3.63, 3.8) is 0 Å². The van der Waals surface area contributed by atoms with E-state index < -0.39 is 0 Å². The fourth-order valence-corrected chi connectivity index (χ4v) is 3.00. The van der Waals surface area contributed by atoms with Crippen LogP contribution in [0.3, 0.4) is 0 Å². The molecule has 0 bridgehead atoms. The lowest BCUT2D eigenvalue weighted by molar-refractivity contribution is -0.114. The predicted molar refractivity (Wildman–Crippen MR) is 99.6 cm³/mol. The standard InChI is InChI=1S/C17H12ClN5O2S/c18-12-7-5-11(6-8-12)16-20-21-17(25-16)26-9-15(24)22-23-10-19-13-3-1-2-4-14(13)23/h1-8,10H,9H2,(H,22,24). The molecule has 2 aromatic carbocycles. The van der Waals surface area contributed by atoms with Gasteiger partial charge in [0.2, 0.25) is 11.8 Å². The molecule has 26 heavy (non-hydrogen) atoms. The summed E-state index contributed by atoms with van der Waals surface area (Å²) in [5.74, 6) is 0.309. The molecule has 2 aromatic heterocycles. The predicted octanol–water partition coefficient (Wildman–Crippen LogP) is 3.60. The Kier molecular flexibility index (Phi) is 4.59. The molecule has 0 saturated carbocycles. The van der Waals surface area contributed by atoms with E-state index in [9.17, 15) is 4.79 Å². The Morgan fingerprint density at radius 1 is 1.15 bits per heavy atom. The highest BCUT2D eigenvalue weighted by atomic mass is 35.5. The van der Waals surface area contributed by atoms with Crippen molar-refractivity contribution < 1.29 is 9.21 Å². The van der Waals surface area contributed by atoms with Crippen LogP contribution < -0.4 is 5.43 Å². The third-order valence-corrected chi connectivity index (χ3v) is 4.59. The number of aromatic nitrogens is 4. The maximum absolute atomic E-state index is 12.2. The van der Waals surface area contributed by atoms with Gasteiger partial charge in [-0.2, -0.15) is 0 Å². The molecule has 130 valence electrons. The number of carbonyl (C=O) groups excluding carboxylic acids is 1. The summed E-state index contributed by atoms with van der Waals surface area (Å²) in [4.78, 5) is 16.4. The minimum Gasteiger partial charge on any atom is -0.411 e. The smallest absolute Gasteiger partial charge is 0.277 e. The molecule has 0 atom stereocenters. The number of carbonyl (C=O) groups is 1. The van der Waals surface area contributed by atoms with E-state index in [2.05, 4.69) is 20.6 Å². The Balaban J connectivity index is 1.38. The summed E-state index contributed by atoms with van der Waals surface area (Å²) in [5.41, 5.74) is 5.17. The van der Waals surface area contributed by atoms with Crippen LogP contribution in [0.25, 0.3) is 22.5 Å². The monoisotopic (exact) mass is 385 g/mol. The lowest BCUT2D eigenvalue weighted by Gasteiger charge is -2.05. The number of nitrogens with one attached hydrogen (secondary N) is 1. The second-order valence-corrected chi connectivity index (χ2v) is 6.67. The van der Waals surface area contributed by atoms with E-state index in [-0.39, 0.29) is 11.7 Å². The van der Waals surface area contributed by atoms with Gasteiger partial charge in [-0.1, -0.05) is 35.5 Å². The van der Waals surface area contributed by atoms with Gasteiger partial charge < -0.3 is 4.42 Å². The topological polar surface area (TPSA) is 85.8 Å². The Morgan fingerprint density at radius 3 is 2.81 bits per heavy atom. The van der Waals surface area contributed by atoms with E-state index >= 15 is 0 Å². The van der Waals surface area contributed by atoms with Crippen LogP contribution >= 0.6 is 23.4 Å². The van der Waals surface area contributed by atoms with Crippen LogP contribution in [-0.2, 0) is 4.79 Å². The van der Waals surface area contributed by atoms with Gasteiger partial charge >= 0.3 is 0 Å². The SMILES string of the molecule is O=C(CSc1nnc(-c2ccc(Cl)cc2)o1)Nn1cnc2ccccc21. The molecule has 0 fully saturated rings. The van der Waals surface area contributed by atoms with Crippen LogP contribution in [0.2, 0.25) is 5.02 Å². The molecule has 0 aliphatic rings. The first kappa shape index (κ1) is 16.6. The molecule has 0 radical (unpaired) electrons. The molecule has 2 heterocycles. The van der Waals surface area contributed by atoms with Gasteiger partial charge in [-0.15, -0.1) is 10.2 Å². The Hall–Kier alpha value is -2.84. The summed E-state index contributed by atoms with van der Waals surface area (Å²) in [7, 11) is 0. The lowest BCUT2D eigenvalue weighted by Crippen LogP contribution is -2.23. The Morgan fingerprint density at radius 2 is 1.96 bits per heavy atom. The highest BCUT2D eigenvalue weighted by Gasteiger charge is 2.12. The lowest BCUT2D eigenvalue weighted by atomic mass is 10.2. The van der Waals surface area contributed by atoms with Crippen molar-refractivity contribution in [1.29, 1.82) is 0 Å². The maximum atomic E-state index is 12.2. The molecule has 0 aliphatic carbocycles. The van der Waals surface area contributed by atoms with Gasteiger partial charge in [0.05, 0.1) is 16.8 Å². The zero-order chi connectivity index (χ0) is 17.9. The normalized spacial score (nSPS) is 11.0. The van der Waals surface area contributed by atoms with E-state index in [1.807, 2.05) is 24.3 Å². The second kappa shape index (κ2) is 7.19. The average molecular weight is 386 g/mol. The van der Waals surface area contributed by atoms with Crippen molar-refractivity contribution >= 4 is 40.3 Å². The number of amides is 1. The van der Waals surface area contributed by atoms with Crippen LogP contribution in [0, 0.1) is 0 Å². The van der Waals surface area contributed by atoms with Gasteiger partial charge in [0.25, 0.3) is 5.22 Å².